The zero-order chi connectivity index (χ0) is 11.5. The van der Waals surface area contributed by atoms with Gasteiger partial charge in [0, 0.05) is 39.7 Å². The van der Waals surface area contributed by atoms with E-state index in [1.54, 1.807) is 7.11 Å². The van der Waals surface area contributed by atoms with Gasteiger partial charge in [-0.05, 0) is 6.54 Å². The topological polar surface area (TPSA) is 67.6 Å². The molecular weight excluding hydrogens is 194 g/mol. The highest BCUT2D eigenvalue weighted by atomic mass is 16.5. The van der Waals surface area contributed by atoms with Crippen LogP contribution in [0.4, 0.5) is 0 Å². The number of ether oxygens (including phenoxy) is 1. The number of hydrogen-bond donors (Lipinski definition) is 2. The Morgan fingerprint density at radius 3 is 2.73 bits per heavy atom. The number of carbonyl (C=O) groups excluding carboxylic acids is 1. The Balaban J connectivity index is 3.50. The third-order valence-corrected chi connectivity index (χ3v) is 2.18. The van der Waals surface area contributed by atoms with Crippen molar-refractivity contribution in [2.45, 2.75) is 13.3 Å². The fourth-order valence-electron chi connectivity index (χ4n) is 1.25. The van der Waals surface area contributed by atoms with Crippen molar-refractivity contribution < 1.29 is 9.53 Å². The van der Waals surface area contributed by atoms with Crippen LogP contribution in [0.15, 0.2) is 0 Å². The number of carbonyl (C=O) groups is 1. The van der Waals surface area contributed by atoms with Gasteiger partial charge in [-0.1, -0.05) is 6.92 Å². The van der Waals surface area contributed by atoms with E-state index in [1.165, 1.54) is 0 Å². The second-order valence-electron chi connectivity index (χ2n) is 3.32. The first-order valence-electron chi connectivity index (χ1n) is 5.42. The smallest absolute Gasteiger partial charge is 0.221 e. The largest absolute Gasteiger partial charge is 0.383 e. The number of nitrogens with two attached hydrogens (primary N) is 1. The van der Waals surface area contributed by atoms with Gasteiger partial charge in [-0.25, -0.2) is 0 Å². The van der Waals surface area contributed by atoms with E-state index < -0.39 is 0 Å². The van der Waals surface area contributed by atoms with Gasteiger partial charge < -0.3 is 20.7 Å². The molecule has 0 saturated carbocycles. The van der Waals surface area contributed by atoms with E-state index in [4.69, 9.17) is 10.5 Å². The van der Waals surface area contributed by atoms with Gasteiger partial charge in [-0.15, -0.1) is 0 Å². The van der Waals surface area contributed by atoms with Crippen LogP contribution in [0.25, 0.3) is 0 Å². The molecule has 1 amide bonds. The van der Waals surface area contributed by atoms with Gasteiger partial charge in [0.05, 0.1) is 6.61 Å². The van der Waals surface area contributed by atoms with Crippen LogP contribution in [-0.4, -0.2) is 57.2 Å². The fraction of sp³-hybridized carbons (Fsp3) is 0.900. The minimum Gasteiger partial charge on any atom is -0.383 e. The van der Waals surface area contributed by atoms with E-state index in [1.807, 2.05) is 0 Å². The fourth-order valence-corrected chi connectivity index (χ4v) is 1.25. The molecule has 5 heteroatoms. The molecule has 0 spiro atoms. The molecule has 0 radical (unpaired) electrons. The van der Waals surface area contributed by atoms with Crippen LogP contribution in [0, 0.1) is 0 Å². The summed E-state index contributed by atoms with van der Waals surface area (Å²) in [5, 5.41) is 2.78. The molecule has 3 N–H and O–H groups in total. The Morgan fingerprint density at radius 2 is 2.20 bits per heavy atom. The maximum absolute atomic E-state index is 11.3. The zero-order valence-corrected chi connectivity index (χ0v) is 9.79. The molecule has 0 rings (SSSR count). The third-order valence-electron chi connectivity index (χ3n) is 2.18. The average Bonchev–Trinajstić information content (AvgIpc) is 2.24. The lowest BCUT2D eigenvalue weighted by Crippen LogP contribution is -2.34. The summed E-state index contributed by atoms with van der Waals surface area (Å²) in [7, 11) is 1.62. The number of hydrogen-bond acceptors (Lipinski definition) is 4. The molecule has 0 aromatic carbocycles. The van der Waals surface area contributed by atoms with Crippen LogP contribution in [0.3, 0.4) is 0 Å². The van der Waals surface area contributed by atoms with Gasteiger partial charge in [0.1, 0.15) is 0 Å². The number of rotatable bonds is 9. The zero-order valence-electron chi connectivity index (χ0n) is 9.79. The number of amides is 1. The standard InChI is InChI=1S/C10H23N3O2/c1-3-13(8-5-11)7-4-10(14)12-6-9-15-2/h3-9,11H2,1-2H3,(H,12,14). The Bertz CT molecular complexity index is 165. The van der Waals surface area contributed by atoms with Gasteiger partial charge in [-0.3, -0.25) is 4.79 Å². The maximum Gasteiger partial charge on any atom is 0.221 e. The maximum atomic E-state index is 11.3. The molecule has 90 valence electrons. The first-order chi connectivity index (χ1) is 7.24. The molecule has 0 aliphatic heterocycles. The molecule has 0 aliphatic carbocycles. The molecule has 0 fully saturated rings. The lowest BCUT2D eigenvalue weighted by molar-refractivity contribution is -0.121. The summed E-state index contributed by atoms with van der Waals surface area (Å²) in [5.41, 5.74) is 5.45. The van der Waals surface area contributed by atoms with Gasteiger partial charge >= 0.3 is 0 Å². The predicted molar refractivity (Wildman–Crippen MR) is 60.7 cm³/mol. The first-order valence-corrected chi connectivity index (χ1v) is 5.42. The van der Waals surface area contributed by atoms with Crippen LogP contribution < -0.4 is 11.1 Å². The molecule has 0 heterocycles. The molecule has 15 heavy (non-hydrogen) atoms. The molecule has 0 atom stereocenters. The molecule has 0 aromatic heterocycles. The van der Waals surface area contributed by atoms with Crippen LogP contribution in [0.5, 0.6) is 0 Å². The van der Waals surface area contributed by atoms with Crippen molar-refractivity contribution in [1.82, 2.24) is 10.2 Å². The highest BCUT2D eigenvalue weighted by molar-refractivity contribution is 5.76. The van der Waals surface area contributed by atoms with Crippen LogP contribution in [0.2, 0.25) is 0 Å². The molecule has 0 unspecified atom stereocenters. The van der Waals surface area contributed by atoms with E-state index in [0.29, 0.717) is 26.1 Å². The quantitative estimate of drug-likeness (QED) is 0.507. The van der Waals surface area contributed by atoms with Crippen molar-refractivity contribution in [1.29, 1.82) is 0 Å². The van der Waals surface area contributed by atoms with E-state index in [2.05, 4.69) is 17.1 Å². The van der Waals surface area contributed by atoms with Crippen molar-refractivity contribution in [3.8, 4) is 0 Å². The van der Waals surface area contributed by atoms with E-state index in [-0.39, 0.29) is 5.91 Å². The molecule has 0 bridgehead atoms. The molecular formula is C10H23N3O2. The number of methoxy groups -OCH3 is 1. The summed E-state index contributed by atoms with van der Waals surface area (Å²) in [5.74, 6) is 0.0718. The Hall–Kier alpha value is -0.650. The predicted octanol–water partition coefficient (Wildman–Crippen LogP) is -0.580. The van der Waals surface area contributed by atoms with Crippen molar-refractivity contribution in [2.75, 3.05) is 46.4 Å². The van der Waals surface area contributed by atoms with Crippen molar-refractivity contribution >= 4 is 5.91 Å². The highest BCUT2D eigenvalue weighted by Gasteiger charge is 2.05. The SMILES string of the molecule is CCN(CCN)CCC(=O)NCCOC. The summed E-state index contributed by atoms with van der Waals surface area (Å²) in [6.07, 6.45) is 0.525. The minimum atomic E-state index is 0.0718. The number of nitrogens with zero attached hydrogens (tertiary/aromatic N) is 1. The van der Waals surface area contributed by atoms with Crippen LogP contribution in [-0.2, 0) is 9.53 Å². The Morgan fingerprint density at radius 1 is 1.47 bits per heavy atom. The van der Waals surface area contributed by atoms with Crippen molar-refractivity contribution in [2.24, 2.45) is 5.73 Å². The summed E-state index contributed by atoms with van der Waals surface area (Å²) in [4.78, 5) is 13.5. The first kappa shape index (κ1) is 14.3. The second kappa shape index (κ2) is 9.89. The highest BCUT2D eigenvalue weighted by Crippen LogP contribution is 1.90. The average molecular weight is 217 g/mol. The van der Waals surface area contributed by atoms with E-state index >= 15 is 0 Å². The second-order valence-corrected chi connectivity index (χ2v) is 3.32. The van der Waals surface area contributed by atoms with Crippen LogP contribution in [0.1, 0.15) is 13.3 Å². The van der Waals surface area contributed by atoms with Gasteiger partial charge in [0.25, 0.3) is 0 Å². The Kier molecular flexibility index (Phi) is 9.46. The van der Waals surface area contributed by atoms with Crippen LogP contribution >= 0.6 is 0 Å². The molecule has 0 saturated heterocycles. The Labute approximate surface area is 91.9 Å². The molecule has 0 aliphatic rings. The monoisotopic (exact) mass is 217 g/mol. The summed E-state index contributed by atoms with van der Waals surface area (Å²) < 4.78 is 4.84. The lowest BCUT2D eigenvalue weighted by Gasteiger charge is -2.18. The normalized spacial score (nSPS) is 10.7. The number of nitrogens with one attached hydrogen (secondary N) is 1. The van der Waals surface area contributed by atoms with Crippen molar-refractivity contribution in [3.63, 3.8) is 0 Å². The van der Waals surface area contributed by atoms with Gasteiger partial charge in [0.2, 0.25) is 5.91 Å². The summed E-state index contributed by atoms with van der Waals surface area (Å²) >= 11 is 0. The third kappa shape index (κ3) is 8.35. The minimum absolute atomic E-state index is 0.0718. The number of likely N-dealkylation sites (N-methyl/N-ethyl adjacent to an activating group) is 1. The lowest BCUT2D eigenvalue weighted by atomic mass is 10.3. The van der Waals surface area contributed by atoms with Gasteiger partial charge in [0.15, 0.2) is 0 Å². The van der Waals surface area contributed by atoms with Gasteiger partial charge in [-0.2, -0.15) is 0 Å². The molecule has 5 nitrogen and oxygen atoms in total. The molecule has 0 aromatic rings. The summed E-state index contributed by atoms with van der Waals surface area (Å²) in [6.45, 7) is 6.40. The summed E-state index contributed by atoms with van der Waals surface area (Å²) in [6, 6.07) is 0. The van der Waals surface area contributed by atoms with E-state index in [0.717, 1.165) is 19.6 Å². The van der Waals surface area contributed by atoms with Crippen molar-refractivity contribution in [3.05, 3.63) is 0 Å². The van der Waals surface area contributed by atoms with E-state index in [9.17, 15) is 4.79 Å².